The quantitative estimate of drug-likeness (QED) is 0.556. The van der Waals surface area contributed by atoms with Crippen LogP contribution in [0.25, 0.3) is 10.9 Å². The smallest absolute Gasteiger partial charge is 0.165 e. The van der Waals surface area contributed by atoms with Gasteiger partial charge in [-0.2, -0.15) is 0 Å². The largest absolute Gasteiger partial charge is 0.490 e. The zero-order valence-corrected chi connectivity index (χ0v) is 19.9. The molecule has 1 fully saturated rings. The zero-order chi connectivity index (χ0) is 22.6. The van der Waals surface area contributed by atoms with Crippen molar-refractivity contribution < 1.29 is 14.6 Å². The molecule has 2 aliphatic carbocycles. The molecule has 0 saturated carbocycles. The van der Waals surface area contributed by atoms with Crippen LogP contribution in [-0.4, -0.2) is 53.4 Å². The number of aliphatic hydroxyl groups is 1. The molecule has 3 heterocycles. The molecule has 34 heavy (non-hydrogen) atoms. The van der Waals surface area contributed by atoms with E-state index in [0.29, 0.717) is 18.6 Å². The SMILES string of the molecule is CCOc1ccc2c3c1O[C@H]1[C@@H](O)C=C[C@H]4[C@@H](C2)N(C)CC[C@@]341.N.c1ccc2ncccc2c1. The van der Waals surface area contributed by atoms with Gasteiger partial charge >= 0.3 is 0 Å². The molecule has 0 radical (unpaired) electrons. The van der Waals surface area contributed by atoms with Crippen molar-refractivity contribution in [3.63, 3.8) is 0 Å². The van der Waals surface area contributed by atoms with Gasteiger partial charge in [0.05, 0.1) is 12.1 Å². The molecule has 0 unspecified atom stereocenters. The highest BCUT2D eigenvalue weighted by molar-refractivity contribution is 5.77. The van der Waals surface area contributed by atoms with Crippen molar-refractivity contribution in [2.75, 3.05) is 20.2 Å². The van der Waals surface area contributed by atoms with Crippen LogP contribution in [0.4, 0.5) is 0 Å². The lowest BCUT2D eigenvalue weighted by atomic mass is 9.53. The van der Waals surface area contributed by atoms with Gasteiger partial charge in [0.15, 0.2) is 11.5 Å². The van der Waals surface area contributed by atoms with E-state index in [2.05, 4.69) is 41.2 Å². The maximum absolute atomic E-state index is 10.6. The first-order valence-electron chi connectivity index (χ1n) is 12.0. The van der Waals surface area contributed by atoms with E-state index in [1.165, 1.54) is 16.5 Å². The lowest BCUT2D eigenvalue weighted by Gasteiger charge is -2.56. The number of aromatic nitrogens is 1. The van der Waals surface area contributed by atoms with Crippen molar-refractivity contribution in [2.24, 2.45) is 5.92 Å². The van der Waals surface area contributed by atoms with Crippen molar-refractivity contribution in [1.29, 1.82) is 0 Å². The minimum absolute atomic E-state index is 0. The number of ether oxygens (including phenoxy) is 2. The first-order chi connectivity index (χ1) is 16.1. The number of benzene rings is 2. The van der Waals surface area contributed by atoms with E-state index in [0.717, 1.165) is 36.4 Å². The van der Waals surface area contributed by atoms with Gasteiger partial charge in [-0.1, -0.05) is 42.5 Å². The minimum Gasteiger partial charge on any atom is -0.490 e. The summed E-state index contributed by atoms with van der Waals surface area (Å²) in [5.74, 6) is 2.14. The lowest BCUT2D eigenvalue weighted by molar-refractivity contribution is -0.0453. The number of pyridine rings is 1. The van der Waals surface area contributed by atoms with Gasteiger partial charge in [0.2, 0.25) is 0 Å². The molecular weight excluding hydrogens is 426 g/mol. The van der Waals surface area contributed by atoms with Gasteiger partial charge in [0.1, 0.15) is 12.2 Å². The maximum atomic E-state index is 10.6. The van der Waals surface area contributed by atoms with E-state index in [1.807, 2.05) is 49.5 Å². The van der Waals surface area contributed by atoms with Crippen molar-refractivity contribution in [3.05, 3.63) is 78.0 Å². The van der Waals surface area contributed by atoms with E-state index in [1.54, 1.807) is 0 Å². The Morgan fingerprint density at radius 2 is 1.97 bits per heavy atom. The maximum Gasteiger partial charge on any atom is 0.165 e. The Morgan fingerprint density at radius 3 is 2.79 bits per heavy atom. The van der Waals surface area contributed by atoms with E-state index in [4.69, 9.17) is 9.47 Å². The van der Waals surface area contributed by atoms with E-state index in [9.17, 15) is 5.11 Å². The molecule has 1 saturated heterocycles. The highest BCUT2D eigenvalue weighted by atomic mass is 16.5. The first-order valence-corrected chi connectivity index (χ1v) is 12.0. The molecule has 3 aromatic rings. The molecule has 6 nitrogen and oxygen atoms in total. The molecule has 5 atom stereocenters. The zero-order valence-electron chi connectivity index (χ0n) is 19.9. The number of piperidine rings is 1. The molecular formula is C28H33N3O3. The molecule has 7 rings (SSSR count). The average molecular weight is 460 g/mol. The number of nitrogens with zero attached hydrogens (tertiary/aromatic N) is 2. The summed E-state index contributed by atoms with van der Waals surface area (Å²) in [7, 11) is 2.22. The average Bonchev–Trinajstić information content (AvgIpc) is 3.20. The Labute approximate surface area is 200 Å². The van der Waals surface area contributed by atoms with E-state index in [-0.39, 0.29) is 17.7 Å². The third kappa shape index (κ3) is 3.24. The standard InChI is InChI=1S/C19H23NO3.C9H7N.H3N/c1-3-22-15-7-4-11-10-13-12-5-6-14(21)18-19(12,8-9-20(13)2)16(11)17(15)23-18;1-2-6-9-8(4-1)5-3-7-10-9;/h4-7,12-14,18,21H,3,8-10H2,1-2H3;1-7H;1H3/t12-,13+,14-,18-,19-;;/m0../s1. The number of hydrogen-bond donors (Lipinski definition) is 2. The van der Waals surface area contributed by atoms with Gasteiger partial charge in [-0.3, -0.25) is 4.98 Å². The fourth-order valence-electron chi connectivity index (χ4n) is 6.51. The first kappa shape index (κ1) is 22.8. The van der Waals surface area contributed by atoms with Crippen molar-refractivity contribution in [2.45, 2.75) is 43.4 Å². The molecule has 4 aliphatic rings. The number of hydrogen-bond acceptors (Lipinski definition) is 6. The summed E-state index contributed by atoms with van der Waals surface area (Å²) in [5.41, 5.74) is 3.68. The predicted molar refractivity (Wildman–Crippen MR) is 134 cm³/mol. The Hall–Kier alpha value is -2.93. The number of likely N-dealkylation sites (tertiary alicyclic amines) is 1. The number of aliphatic hydroxyl groups excluding tert-OH is 1. The molecule has 2 bridgehead atoms. The van der Waals surface area contributed by atoms with E-state index >= 15 is 0 Å². The van der Waals surface area contributed by atoms with Gasteiger partial charge < -0.3 is 25.6 Å². The number of fused-ring (bicyclic) bond motifs is 1. The van der Waals surface area contributed by atoms with Crippen LogP contribution in [0.5, 0.6) is 11.5 Å². The molecule has 2 aliphatic heterocycles. The Bertz CT molecular complexity index is 1160. The van der Waals surface area contributed by atoms with Crippen LogP contribution in [-0.2, 0) is 11.8 Å². The normalized spacial score (nSPS) is 29.9. The summed E-state index contributed by atoms with van der Waals surface area (Å²) in [6.07, 6.45) is 7.36. The third-order valence-electron chi connectivity index (χ3n) is 7.95. The van der Waals surface area contributed by atoms with Gasteiger partial charge in [-0.25, -0.2) is 0 Å². The van der Waals surface area contributed by atoms with Gasteiger partial charge in [0.25, 0.3) is 0 Å². The number of rotatable bonds is 2. The Morgan fingerprint density at radius 1 is 1.15 bits per heavy atom. The number of likely N-dealkylation sites (N-methyl/N-ethyl adjacent to an activating group) is 1. The molecule has 0 amide bonds. The molecule has 1 aromatic heterocycles. The molecule has 4 N–H and O–H groups in total. The highest BCUT2D eigenvalue weighted by Gasteiger charge is 2.64. The second-order valence-corrected chi connectivity index (χ2v) is 9.54. The van der Waals surface area contributed by atoms with Gasteiger partial charge in [-0.05, 0) is 57.1 Å². The van der Waals surface area contributed by atoms with Crippen LogP contribution in [0.1, 0.15) is 24.5 Å². The third-order valence-corrected chi connectivity index (χ3v) is 7.95. The summed E-state index contributed by atoms with van der Waals surface area (Å²) in [6, 6.07) is 16.8. The van der Waals surface area contributed by atoms with Crippen LogP contribution in [0.2, 0.25) is 0 Å². The number of para-hydroxylation sites is 1. The fraction of sp³-hybridized carbons (Fsp3) is 0.393. The monoisotopic (exact) mass is 459 g/mol. The van der Waals surface area contributed by atoms with E-state index < -0.39 is 6.10 Å². The van der Waals surface area contributed by atoms with Crippen LogP contribution in [0, 0.1) is 5.92 Å². The summed E-state index contributed by atoms with van der Waals surface area (Å²) in [4.78, 5) is 6.66. The van der Waals surface area contributed by atoms with Crippen LogP contribution in [0.3, 0.4) is 0 Å². The van der Waals surface area contributed by atoms with Crippen LogP contribution >= 0.6 is 0 Å². The predicted octanol–water partition coefficient (Wildman–Crippen LogP) is 4.29. The highest BCUT2D eigenvalue weighted by Crippen LogP contribution is 2.62. The summed E-state index contributed by atoms with van der Waals surface area (Å²) in [5, 5.41) is 11.8. The van der Waals surface area contributed by atoms with Crippen LogP contribution < -0.4 is 15.6 Å². The molecule has 2 aromatic carbocycles. The van der Waals surface area contributed by atoms with Crippen molar-refractivity contribution in [3.8, 4) is 11.5 Å². The van der Waals surface area contributed by atoms with Crippen molar-refractivity contribution in [1.82, 2.24) is 16.0 Å². The second kappa shape index (κ2) is 8.69. The lowest BCUT2D eigenvalue weighted by Crippen LogP contribution is -2.64. The molecule has 178 valence electrons. The Balaban J connectivity index is 0.000000184. The van der Waals surface area contributed by atoms with Crippen molar-refractivity contribution >= 4 is 10.9 Å². The minimum atomic E-state index is -0.539. The topological polar surface area (TPSA) is 89.8 Å². The Kier molecular flexibility index (Phi) is 5.84. The fourth-order valence-corrected chi connectivity index (χ4v) is 6.51. The second-order valence-electron chi connectivity index (χ2n) is 9.54. The summed E-state index contributed by atoms with van der Waals surface area (Å²) < 4.78 is 12.2. The molecule has 6 heteroatoms. The summed E-state index contributed by atoms with van der Waals surface area (Å²) in [6.45, 7) is 3.68. The van der Waals surface area contributed by atoms with Gasteiger partial charge in [-0.15, -0.1) is 0 Å². The molecule has 1 spiro atoms. The van der Waals surface area contributed by atoms with Crippen LogP contribution in [0.15, 0.2) is 66.9 Å². The van der Waals surface area contributed by atoms with Gasteiger partial charge in [0, 0.05) is 34.5 Å². The summed E-state index contributed by atoms with van der Waals surface area (Å²) >= 11 is 0.